The van der Waals surface area contributed by atoms with Gasteiger partial charge in [-0.1, -0.05) is 365 Å². The van der Waals surface area contributed by atoms with Crippen LogP contribution in [0.25, 0.3) is 145 Å². The van der Waals surface area contributed by atoms with Crippen LogP contribution in [0.5, 0.6) is 11.5 Å². The maximum Gasteiger partial charge on any atom is 0.148 e. The second-order valence-electron chi connectivity index (χ2n) is 43.4. The van der Waals surface area contributed by atoms with Crippen LogP contribution in [0.1, 0.15) is 234 Å². The number of aromatic hydroxyl groups is 2. The second kappa shape index (κ2) is 33.1. The maximum atomic E-state index is 12.6. The van der Waals surface area contributed by atoms with Crippen molar-refractivity contribution in [1.29, 1.82) is 0 Å². The summed E-state index contributed by atoms with van der Waals surface area (Å²) in [4.78, 5) is 21.5. The van der Waals surface area contributed by atoms with Crippen molar-refractivity contribution in [1.82, 2.24) is 29.1 Å². The zero-order chi connectivity index (χ0) is 89.8. The summed E-state index contributed by atoms with van der Waals surface area (Å²) in [6, 6.07) is 97.0. The minimum absolute atomic E-state index is 0. The molecule has 4 aromatic heterocycles. The molecule has 0 saturated carbocycles. The number of pyridine rings is 2. The smallest absolute Gasteiger partial charge is 0.148 e. The fraction of sp³-hybridized carbons (Fsp3) is 0.288. The number of imidazole rings is 2. The van der Waals surface area contributed by atoms with Gasteiger partial charge in [-0.25, -0.2) is 9.97 Å². The number of fused-ring (bicyclic) bond motifs is 8. The van der Waals surface area contributed by atoms with Crippen LogP contribution in [0.3, 0.4) is 0 Å². The van der Waals surface area contributed by atoms with Crippen molar-refractivity contribution < 1.29 is 52.3 Å². The SMILES string of the molecule is CC(C)(C)c1cc(-c2cc3c(cn2)C(C)(C)c2ccccc2-3)[c-]c(-c2cccc3c2nc(-c2cc(C(C)(C)C)cc(C(C)(C)C)c2O)n3-c2ccc(C(C)(C)C)cc2-c2ccccc2)c1.CC(C)(C)c1ccc(-n2c(-c3cc(C(C)(C)C)cc(C(C)(C)C)c3O)nc3c(-c4[c-]c(-c5cc6c(cn5)C(C)(C)c5ccccc5-6)ccc4)cccc32)c(-c2ccccc2)c1.[Pt].[Pt]. The molecular weight excluding hydrogens is 1920 g/mol. The minimum Gasteiger partial charge on any atom is -0.507 e. The van der Waals surface area contributed by atoms with E-state index in [0.717, 1.165) is 123 Å². The van der Waals surface area contributed by atoms with E-state index in [9.17, 15) is 10.2 Å². The van der Waals surface area contributed by atoms with Gasteiger partial charge < -0.3 is 10.2 Å². The first-order chi connectivity index (χ1) is 59.2. The van der Waals surface area contributed by atoms with Crippen molar-refractivity contribution in [3.8, 4) is 135 Å². The second-order valence-corrected chi connectivity index (χ2v) is 43.4. The number of benzene rings is 12. The van der Waals surface area contributed by atoms with Crippen molar-refractivity contribution in [2.75, 3.05) is 0 Å². The molecule has 0 aliphatic heterocycles. The maximum absolute atomic E-state index is 12.6. The van der Waals surface area contributed by atoms with Gasteiger partial charge in [0.25, 0.3) is 0 Å². The summed E-state index contributed by atoms with van der Waals surface area (Å²) < 4.78 is 4.56. The largest absolute Gasteiger partial charge is 0.507 e. The molecule has 0 saturated heterocycles. The molecule has 2 N–H and O–H groups in total. The Labute approximate surface area is 788 Å². The molecule has 8 nitrogen and oxygen atoms in total. The summed E-state index contributed by atoms with van der Waals surface area (Å²) in [7, 11) is 0. The first-order valence-corrected chi connectivity index (χ1v) is 44.8. The first-order valence-electron chi connectivity index (χ1n) is 44.8. The van der Waals surface area contributed by atoms with Gasteiger partial charge in [0.05, 0.1) is 44.6 Å². The van der Waals surface area contributed by atoms with Crippen molar-refractivity contribution in [3.63, 3.8) is 0 Å². The van der Waals surface area contributed by atoms with Crippen molar-refractivity contribution in [3.05, 3.63) is 334 Å². The van der Waals surface area contributed by atoms with Crippen LogP contribution >= 0.6 is 0 Å². The Bertz CT molecular complexity index is 7010. The molecule has 656 valence electrons. The fourth-order valence-electron chi connectivity index (χ4n) is 18.7. The molecule has 18 rings (SSSR count). The summed E-state index contributed by atoms with van der Waals surface area (Å²) in [5, 5.41) is 25.0. The third-order valence-corrected chi connectivity index (χ3v) is 26.4. The molecule has 4 heterocycles. The molecule has 2 aliphatic carbocycles. The van der Waals surface area contributed by atoms with Crippen LogP contribution < -0.4 is 0 Å². The summed E-state index contributed by atoms with van der Waals surface area (Å²) >= 11 is 0. The van der Waals surface area contributed by atoms with E-state index in [4.69, 9.17) is 19.9 Å². The average molecular weight is 2040 g/mol. The van der Waals surface area contributed by atoms with Gasteiger partial charge in [-0.3, -0.25) is 19.1 Å². The predicted octanol–water partition coefficient (Wildman–Crippen LogP) is 30.9. The van der Waals surface area contributed by atoms with Gasteiger partial charge in [0.15, 0.2) is 0 Å². The zero-order valence-corrected chi connectivity index (χ0v) is 83.6. The van der Waals surface area contributed by atoms with E-state index >= 15 is 0 Å². The molecule has 10 heteroatoms. The predicted molar refractivity (Wildman–Crippen MR) is 528 cm³/mol. The van der Waals surface area contributed by atoms with E-state index in [1.165, 1.54) is 61.2 Å². The molecule has 0 spiro atoms. The van der Waals surface area contributed by atoms with E-state index in [-0.39, 0.29) is 102 Å². The Balaban J connectivity index is 0.000000194. The molecule has 0 atom stereocenters. The standard InChI is InChI=1S/C61H64N3O.C57H56N3O.2Pt/c1-57(2,3)40-27-28-52(45(32-40)37-21-16-15-17-22-37)64-53-26-20-24-43(54(53)63-56(64)47-33-42(59(7,8)9)34-49(55(47)65)60(10,11)12)38-29-39(31-41(30-38)58(4,5)6)51-35-46-44-23-18-19-25-48(44)61(13,14)50(46)36-62-51;1-54(2,3)38-27-28-49(42(30-38)35-19-13-12-14-20-35)60-50-26-18-24-40(51(50)59-53(60)44-31-39(55(4,5)6)32-46(52(44)61)56(7,8)9)36-21-17-22-37(29-36)48-33-43-41-23-15-16-25-45(41)57(10,11)47(43)34-58-48;;/h15-28,30-36,65H,1-14H3;12-28,30-34,61H,1-11H3;;/q2*-1;;. The third kappa shape index (κ3) is 16.7. The molecule has 0 unspecified atom stereocenters. The van der Waals surface area contributed by atoms with E-state index in [1.807, 2.05) is 0 Å². The number of hydrogen-bond acceptors (Lipinski definition) is 6. The molecule has 0 fully saturated rings. The molecular formula is C118H120N6O2Pt2-2. The van der Waals surface area contributed by atoms with Gasteiger partial charge in [0, 0.05) is 99.0 Å². The quantitative estimate of drug-likeness (QED) is 0.132. The van der Waals surface area contributed by atoms with Gasteiger partial charge in [-0.15, -0.1) is 59.2 Å². The first kappa shape index (κ1) is 91.6. The molecule has 0 amide bonds. The summed E-state index contributed by atoms with van der Waals surface area (Å²) in [6.07, 6.45) is 4.13. The van der Waals surface area contributed by atoms with Crippen molar-refractivity contribution in [2.24, 2.45) is 0 Å². The topological polar surface area (TPSA) is 102 Å². The minimum atomic E-state index is -0.326. The molecule has 2 aliphatic rings. The Morgan fingerprint density at radius 2 is 0.609 bits per heavy atom. The number of phenols is 2. The monoisotopic (exact) mass is 2040 g/mol. The van der Waals surface area contributed by atoms with Crippen molar-refractivity contribution >= 4 is 22.1 Å². The van der Waals surface area contributed by atoms with Gasteiger partial charge in [-0.2, -0.15) is 0 Å². The number of rotatable bonds is 10. The normalized spacial score (nSPS) is 13.6. The Morgan fingerprint density at radius 1 is 0.273 bits per heavy atom. The van der Waals surface area contributed by atoms with Crippen LogP contribution in [0.15, 0.2) is 261 Å². The number of hydrogen-bond donors (Lipinski definition) is 2. The van der Waals surface area contributed by atoms with Crippen LogP contribution in [0.4, 0.5) is 0 Å². The number of phenolic OH excluding ortho intramolecular Hbond substituents is 2. The molecule has 128 heavy (non-hydrogen) atoms. The van der Waals surface area contributed by atoms with Crippen LogP contribution in [-0.4, -0.2) is 39.3 Å². The van der Waals surface area contributed by atoms with Gasteiger partial charge in [0.2, 0.25) is 0 Å². The summed E-state index contributed by atoms with van der Waals surface area (Å²) in [5.41, 5.74) is 35.2. The molecule has 0 radical (unpaired) electrons. The van der Waals surface area contributed by atoms with E-state index in [1.54, 1.807) is 0 Å². The van der Waals surface area contributed by atoms with Crippen LogP contribution in [0.2, 0.25) is 0 Å². The Hall–Kier alpha value is -11.1. The van der Waals surface area contributed by atoms with Crippen molar-refractivity contribution in [2.45, 2.75) is 222 Å². The molecule has 0 bridgehead atoms. The molecule has 12 aromatic carbocycles. The number of aromatic nitrogens is 6. The summed E-state index contributed by atoms with van der Waals surface area (Å²) in [6.45, 7) is 55.9. The van der Waals surface area contributed by atoms with Gasteiger partial charge in [0.1, 0.15) is 23.1 Å². The average Bonchev–Trinajstić information content (AvgIpc) is 1.59. The third-order valence-electron chi connectivity index (χ3n) is 26.4. The van der Waals surface area contributed by atoms with Crippen LogP contribution in [-0.2, 0) is 90.9 Å². The Kier molecular flexibility index (Phi) is 23.7. The zero-order valence-electron chi connectivity index (χ0n) is 79.0. The van der Waals surface area contributed by atoms with E-state index in [0.29, 0.717) is 22.8 Å². The molecule has 16 aromatic rings. The van der Waals surface area contributed by atoms with Gasteiger partial charge >= 0.3 is 0 Å². The van der Waals surface area contributed by atoms with Gasteiger partial charge in [-0.05, 0) is 164 Å². The number of nitrogens with zero attached hydrogens (tertiary/aromatic N) is 6. The number of para-hydroxylation sites is 2. The van der Waals surface area contributed by atoms with E-state index < -0.39 is 0 Å². The Morgan fingerprint density at radius 3 is 1.02 bits per heavy atom. The van der Waals surface area contributed by atoms with E-state index in [2.05, 4.69) is 455 Å². The summed E-state index contributed by atoms with van der Waals surface area (Å²) in [5.74, 6) is 1.89. The fourth-order valence-corrected chi connectivity index (χ4v) is 18.7. The van der Waals surface area contributed by atoms with Crippen LogP contribution in [0, 0.1) is 12.1 Å².